The van der Waals surface area contributed by atoms with Crippen molar-refractivity contribution in [1.82, 2.24) is 10.3 Å². The van der Waals surface area contributed by atoms with Gasteiger partial charge in [-0.2, -0.15) is 0 Å². The summed E-state index contributed by atoms with van der Waals surface area (Å²) in [5, 5.41) is 2.80. The molecule has 1 heterocycles. The first-order valence-corrected chi connectivity index (χ1v) is 4.94. The molecular weight excluding hydrogens is 230 g/mol. The maximum atomic E-state index is 12.0. The summed E-state index contributed by atoms with van der Waals surface area (Å²) < 4.78 is 28.9. The molecule has 0 aliphatic carbocycles. The average molecular weight is 244 g/mol. The van der Waals surface area contributed by atoms with Gasteiger partial charge in [-0.3, -0.25) is 4.99 Å². The Morgan fingerprint density at radius 3 is 3.06 bits per heavy atom. The highest BCUT2D eigenvalue weighted by atomic mass is 19.3. The first kappa shape index (κ1) is 13.1. The third-order valence-electron chi connectivity index (χ3n) is 1.90. The van der Waals surface area contributed by atoms with E-state index in [4.69, 9.17) is 10.5 Å². The Balaban J connectivity index is 2.64. The monoisotopic (exact) mass is 244 g/mol. The van der Waals surface area contributed by atoms with Gasteiger partial charge in [0.15, 0.2) is 12.6 Å². The molecule has 5 nitrogen and oxygen atoms in total. The van der Waals surface area contributed by atoms with Crippen LogP contribution in [0.2, 0.25) is 0 Å². The number of halogens is 2. The minimum absolute atomic E-state index is 0.171. The molecule has 17 heavy (non-hydrogen) atoms. The molecule has 3 N–H and O–H groups in total. The lowest BCUT2D eigenvalue weighted by atomic mass is 10.2. The van der Waals surface area contributed by atoms with E-state index in [1.54, 1.807) is 19.2 Å². The minimum atomic E-state index is -2.53. The maximum Gasteiger partial charge on any atom is 0.272 e. The van der Waals surface area contributed by atoms with E-state index < -0.39 is 13.0 Å². The third-order valence-corrected chi connectivity index (χ3v) is 1.90. The van der Waals surface area contributed by atoms with E-state index in [-0.39, 0.29) is 11.8 Å². The van der Waals surface area contributed by atoms with E-state index >= 15 is 0 Å². The second-order valence-electron chi connectivity index (χ2n) is 3.13. The van der Waals surface area contributed by atoms with Crippen molar-refractivity contribution in [3.8, 4) is 5.88 Å². The second-order valence-corrected chi connectivity index (χ2v) is 3.13. The fourth-order valence-electron chi connectivity index (χ4n) is 1.10. The van der Waals surface area contributed by atoms with Crippen LogP contribution in [-0.2, 0) is 6.54 Å². The minimum Gasteiger partial charge on any atom is -0.471 e. The summed E-state index contributed by atoms with van der Waals surface area (Å²) in [5.74, 6) is 0.429. The number of aromatic nitrogens is 1. The number of rotatable bonds is 5. The van der Waals surface area contributed by atoms with Gasteiger partial charge in [0.2, 0.25) is 5.88 Å². The number of alkyl halides is 2. The van der Waals surface area contributed by atoms with Gasteiger partial charge in [-0.25, -0.2) is 13.8 Å². The van der Waals surface area contributed by atoms with Gasteiger partial charge < -0.3 is 15.8 Å². The molecule has 1 aromatic heterocycles. The Hall–Kier alpha value is -1.92. The third kappa shape index (κ3) is 4.62. The molecule has 0 saturated heterocycles. The maximum absolute atomic E-state index is 12.0. The van der Waals surface area contributed by atoms with E-state index in [1.807, 2.05) is 0 Å². The Kier molecular flexibility index (Phi) is 5.12. The van der Waals surface area contributed by atoms with E-state index in [0.717, 1.165) is 0 Å². The van der Waals surface area contributed by atoms with Gasteiger partial charge in [0, 0.05) is 25.4 Å². The SMILES string of the molecule is CN=C(N)NCc1cccnc1OCC(F)F. The number of nitrogens with one attached hydrogen (secondary N) is 1. The molecule has 0 atom stereocenters. The van der Waals surface area contributed by atoms with Crippen molar-refractivity contribution >= 4 is 5.96 Å². The highest BCUT2D eigenvalue weighted by Crippen LogP contribution is 2.14. The Labute approximate surface area is 97.7 Å². The predicted octanol–water partition coefficient (Wildman–Crippen LogP) is 0.760. The average Bonchev–Trinajstić information content (AvgIpc) is 2.34. The summed E-state index contributed by atoms with van der Waals surface area (Å²) in [5.41, 5.74) is 6.09. The topological polar surface area (TPSA) is 72.5 Å². The lowest BCUT2D eigenvalue weighted by molar-refractivity contribution is 0.0790. The number of nitrogens with two attached hydrogens (primary N) is 1. The molecule has 0 radical (unpaired) electrons. The van der Waals surface area contributed by atoms with Gasteiger partial charge in [0.1, 0.15) is 0 Å². The number of ether oxygens (including phenoxy) is 1. The number of guanidine groups is 1. The molecule has 0 amide bonds. The molecule has 0 fully saturated rings. The summed E-state index contributed by atoms with van der Waals surface area (Å²) in [4.78, 5) is 7.59. The molecule has 1 aromatic rings. The van der Waals surface area contributed by atoms with Crippen molar-refractivity contribution in [3.05, 3.63) is 23.9 Å². The molecule has 0 aliphatic rings. The zero-order valence-corrected chi connectivity index (χ0v) is 9.36. The van der Waals surface area contributed by atoms with Crippen LogP contribution in [0.5, 0.6) is 5.88 Å². The van der Waals surface area contributed by atoms with Gasteiger partial charge >= 0.3 is 0 Å². The van der Waals surface area contributed by atoms with Crippen molar-refractivity contribution in [3.63, 3.8) is 0 Å². The van der Waals surface area contributed by atoms with Crippen molar-refractivity contribution in [2.24, 2.45) is 10.7 Å². The van der Waals surface area contributed by atoms with Crippen LogP contribution in [-0.4, -0.2) is 31.0 Å². The van der Waals surface area contributed by atoms with Crippen LogP contribution in [0.15, 0.2) is 23.3 Å². The summed E-state index contributed by atoms with van der Waals surface area (Å²) in [7, 11) is 1.54. The van der Waals surface area contributed by atoms with Crippen LogP contribution in [0.3, 0.4) is 0 Å². The van der Waals surface area contributed by atoms with Gasteiger partial charge in [0.05, 0.1) is 0 Å². The number of pyridine rings is 1. The molecule has 94 valence electrons. The number of aliphatic imine (C=N–C) groups is 1. The first-order chi connectivity index (χ1) is 8.13. The van der Waals surface area contributed by atoms with Crippen molar-refractivity contribution < 1.29 is 13.5 Å². The highest BCUT2D eigenvalue weighted by Gasteiger charge is 2.08. The van der Waals surface area contributed by atoms with E-state index in [1.165, 1.54) is 6.20 Å². The molecule has 1 rings (SSSR count). The molecule has 0 unspecified atom stereocenters. The van der Waals surface area contributed by atoms with Crippen LogP contribution in [0.1, 0.15) is 5.56 Å². The summed E-state index contributed by atoms with van der Waals surface area (Å²) in [6.07, 6.45) is -1.05. The second kappa shape index (κ2) is 6.62. The molecule has 0 spiro atoms. The van der Waals surface area contributed by atoms with Gasteiger partial charge in [-0.15, -0.1) is 0 Å². The van der Waals surface area contributed by atoms with E-state index in [9.17, 15) is 8.78 Å². The predicted molar refractivity (Wildman–Crippen MR) is 60.1 cm³/mol. The van der Waals surface area contributed by atoms with E-state index in [0.29, 0.717) is 12.1 Å². The van der Waals surface area contributed by atoms with Crippen LogP contribution >= 0.6 is 0 Å². The van der Waals surface area contributed by atoms with E-state index in [2.05, 4.69) is 15.3 Å². The molecular formula is C10H14F2N4O. The molecule has 0 bridgehead atoms. The number of nitrogens with zero attached hydrogens (tertiary/aromatic N) is 2. The Morgan fingerprint density at radius 2 is 2.41 bits per heavy atom. The van der Waals surface area contributed by atoms with Crippen molar-refractivity contribution in [1.29, 1.82) is 0 Å². The van der Waals surface area contributed by atoms with Gasteiger partial charge in [0.25, 0.3) is 6.43 Å². The largest absolute Gasteiger partial charge is 0.471 e. The lowest BCUT2D eigenvalue weighted by Crippen LogP contribution is -2.31. The molecule has 7 heteroatoms. The quantitative estimate of drug-likeness (QED) is 0.592. The Bertz CT molecular complexity index is 384. The normalized spacial score (nSPS) is 11.6. The van der Waals surface area contributed by atoms with Crippen LogP contribution in [0.4, 0.5) is 8.78 Å². The van der Waals surface area contributed by atoms with Gasteiger partial charge in [-0.05, 0) is 6.07 Å². The van der Waals surface area contributed by atoms with Crippen LogP contribution in [0.25, 0.3) is 0 Å². The lowest BCUT2D eigenvalue weighted by Gasteiger charge is -2.10. The van der Waals surface area contributed by atoms with Crippen LogP contribution < -0.4 is 15.8 Å². The van der Waals surface area contributed by atoms with Gasteiger partial charge in [-0.1, -0.05) is 6.07 Å². The molecule has 0 aliphatic heterocycles. The summed E-state index contributed by atoms with van der Waals surface area (Å²) in [6.45, 7) is -0.364. The van der Waals surface area contributed by atoms with Crippen LogP contribution in [0, 0.1) is 0 Å². The highest BCUT2D eigenvalue weighted by molar-refractivity contribution is 5.77. The molecule has 0 aromatic carbocycles. The standard InChI is InChI=1S/C10H14F2N4O/c1-14-10(13)16-5-7-3-2-4-15-9(7)17-6-8(11)12/h2-4,8H,5-6H2,1H3,(H3,13,14,16). The molecule has 0 saturated carbocycles. The summed E-state index contributed by atoms with van der Waals surface area (Å²) >= 11 is 0. The zero-order chi connectivity index (χ0) is 12.7. The summed E-state index contributed by atoms with van der Waals surface area (Å²) in [6, 6.07) is 3.40. The Morgan fingerprint density at radius 1 is 1.65 bits per heavy atom. The fourth-order valence-corrected chi connectivity index (χ4v) is 1.10. The smallest absolute Gasteiger partial charge is 0.272 e. The first-order valence-electron chi connectivity index (χ1n) is 4.94. The number of hydrogen-bond acceptors (Lipinski definition) is 3. The number of hydrogen-bond donors (Lipinski definition) is 2. The fraction of sp³-hybridized carbons (Fsp3) is 0.400. The van der Waals surface area contributed by atoms with Crippen molar-refractivity contribution in [2.45, 2.75) is 13.0 Å². The zero-order valence-electron chi connectivity index (χ0n) is 9.36. The van der Waals surface area contributed by atoms with Crippen molar-refractivity contribution in [2.75, 3.05) is 13.7 Å².